The van der Waals surface area contributed by atoms with Crippen molar-refractivity contribution in [1.29, 1.82) is 0 Å². The highest BCUT2D eigenvalue weighted by Gasteiger charge is 2.17. The quantitative estimate of drug-likeness (QED) is 0.586. The van der Waals surface area contributed by atoms with E-state index in [2.05, 4.69) is 20.8 Å². The van der Waals surface area contributed by atoms with E-state index in [1.807, 2.05) is 63.2 Å². The second-order valence-electron chi connectivity index (χ2n) is 7.04. The molecule has 0 atom stereocenters. The fourth-order valence-corrected chi connectivity index (χ4v) is 3.59. The molecule has 1 aromatic heterocycles. The van der Waals surface area contributed by atoms with Crippen LogP contribution in [0.1, 0.15) is 16.7 Å². The topological polar surface area (TPSA) is 93.0 Å². The first-order chi connectivity index (χ1) is 14.3. The molecule has 3 aromatic rings. The third-order valence-electron chi connectivity index (χ3n) is 4.71. The molecule has 0 saturated carbocycles. The summed E-state index contributed by atoms with van der Waals surface area (Å²) in [5.74, 6) is -0.311. The van der Waals surface area contributed by atoms with Gasteiger partial charge in [0.1, 0.15) is 0 Å². The van der Waals surface area contributed by atoms with Crippen LogP contribution in [0.3, 0.4) is 0 Å². The highest BCUT2D eigenvalue weighted by Crippen LogP contribution is 2.22. The highest BCUT2D eigenvalue weighted by atomic mass is 32.2. The van der Waals surface area contributed by atoms with Gasteiger partial charge in [-0.15, -0.1) is 5.10 Å². The summed E-state index contributed by atoms with van der Waals surface area (Å²) in [7, 11) is 1.60. The van der Waals surface area contributed by atoms with Gasteiger partial charge in [-0.2, -0.15) is 4.68 Å². The summed E-state index contributed by atoms with van der Waals surface area (Å²) >= 11 is 1.24. The minimum Gasteiger partial charge on any atom is -0.336 e. The number of anilines is 1. The molecule has 2 amide bonds. The van der Waals surface area contributed by atoms with Crippen molar-refractivity contribution in [3.63, 3.8) is 0 Å². The zero-order valence-electron chi connectivity index (χ0n) is 17.4. The molecule has 0 saturated heterocycles. The monoisotopic (exact) mass is 424 g/mol. The number of nitrogens with zero attached hydrogens (tertiary/aromatic N) is 5. The normalized spacial score (nSPS) is 10.7. The second kappa shape index (κ2) is 9.53. The van der Waals surface area contributed by atoms with Crippen LogP contribution >= 0.6 is 11.8 Å². The van der Waals surface area contributed by atoms with Gasteiger partial charge in [0, 0.05) is 12.7 Å². The molecule has 156 valence electrons. The summed E-state index contributed by atoms with van der Waals surface area (Å²) in [6.07, 6.45) is 0. The Morgan fingerprint density at radius 1 is 1.10 bits per heavy atom. The van der Waals surface area contributed by atoms with Crippen molar-refractivity contribution in [2.45, 2.75) is 25.9 Å². The van der Waals surface area contributed by atoms with Crippen LogP contribution in [0.15, 0.2) is 47.6 Å². The predicted molar refractivity (Wildman–Crippen MR) is 117 cm³/mol. The van der Waals surface area contributed by atoms with E-state index in [-0.39, 0.29) is 24.1 Å². The van der Waals surface area contributed by atoms with Gasteiger partial charge in [-0.05, 0) is 60.5 Å². The summed E-state index contributed by atoms with van der Waals surface area (Å²) in [4.78, 5) is 26.1. The fraction of sp³-hybridized carbons (Fsp3) is 0.286. The molecule has 3 rings (SSSR count). The van der Waals surface area contributed by atoms with Crippen LogP contribution in [0.2, 0.25) is 0 Å². The van der Waals surface area contributed by atoms with Crippen LogP contribution in [0.4, 0.5) is 5.69 Å². The van der Waals surface area contributed by atoms with Crippen molar-refractivity contribution in [3.05, 3.63) is 59.2 Å². The molecule has 1 heterocycles. The lowest BCUT2D eigenvalue weighted by Gasteiger charge is -2.16. The molecular weight excluding hydrogens is 400 g/mol. The molecule has 0 spiro atoms. The second-order valence-corrected chi connectivity index (χ2v) is 7.99. The number of hydrogen-bond acceptors (Lipinski definition) is 6. The number of tetrazole rings is 1. The Balaban J connectivity index is 1.57. The lowest BCUT2D eigenvalue weighted by molar-refractivity contribution is -0.131. The number of hydrogen-bond donors (Lipinski definition) is 1. The average Bonchev–Trinajstić information content (AvgIpc) is 3.18. The van der Waals surface area contributed by atoms with Crippen molar-refractivity contribution < 1.29 is 9.59 Å². The number of thioether (sulfide) groups is 1. The van der Waals surface area contributed by atoms with Crippen molar-refractivity contribution in [1.82, 2.24) is 25.1 Å². The van der Waals surface area contributed by atoms with Gasteiger partial charge >= 0.3 is 0 Å². The van der Waals surface area contributed by atoms with E-state index >= 15 is 0 Å². The maximum atomic E-state index is 12.5. The van der Waals surface area contributed by atoms with Crippen LogP contribution in [0.25, 0.3) is 5.69 Å². The Morgan fingerprint density at radius 2 is 1.83 bits per heavy atom. The molecule has 0 aliphatic carbocycles. The summed E-state index contributed by atoms with van der Waals surface area (Å²) < 4.78 is 1.63. The molecule has 8 nitrogen and oxygen atoms in total. The summed E-state index contributed by atoms with van der Waals surface area (Å²) in [5.41, 5.74) is 4.90. The highest BCUT2D eigenvalue weighted by molar-refractivity contribution is 7.99. The Hall–Kier alpha value is -3.20. The molecule has 0 radical (unpaired) electrons. The summed E-state index contributed by atoms with van der Waals surface area (Å²) in [5, 5.41) is 15.2. The zero-order valence-corrected chi connectivity index (χ0v) is 18.2. The maximum Gasteiger partial charge on any atom is 0.243 e. The van der Waals surface area contributed by atoms with Gasteiger partial charge in [0.15, 0.2) is 0 Å². The van der Waals surface area contributed by atoms with Crippen LogP contribution in [0, 0.1) is 20.8 Å². The maximum absolute atomic E-state index is 12.5. The SMILES string of the molecule is Cc1ccc(NC(=O)CN(C)C(=O)CSc2nnnn2-c2cccc(C)c2C)cc1. The third-order valence-corrected chi connectivity index (χ3v) is 5.62. The van der Waals surface area contributed by atoms with Gasteiger partial charge in [0.2, 0.25) is 17.0 Å². The van der Waals surface area contributed by atoms with E-state index in [4.69, 9.17) is 0 Å². The van der Waals surface area contributed by atoms with Gasteiger partial charge in [-0.1, -0.05) is 41.6 Å². The van der Waals surface area contributed by atoms with Crippen LogP contribution in [0.5, 0.6) is 0 Å². The molecule has 0 bridgehead atoms. The summed E-state index contributed by atoms with van der Waals surface area (Å²) in [6, 6.07) is 13.4. The first-order valence-corrected chi connectivity index (χ1v) is 10.4. The number of amides is 2. The van der Waals surface area contributed by atoms with Crippen molar-refractivity contribution in [2.75, 3.05) is 24.7 Å². The molecule has 0 unspecified atom stereocenters. The van der Waals surface area contributed by atoms with Gasteiger partial charge in [0.25, 0.3) is 0 Å². The lowest BCUT2D eigenvalue weighted by atomic mass is 10.1. The molecular formula is C21H24N6O2S. The van der Waals surface area contributed by atoms with Gasteiger partial charge < -0.3 is 10.2 Å². The largest absolute Gasteiger partial charge is 0.336 e. The number of nitrogens with one attached hydrogen (secondary N) is 1. The predicted octanol–water partition coefficient (Wildman–Crippen LogP) is 2.78. The average molecular weight is 425 g/mol. The Morgan fingerprint density at radius 3 is 2.57 bits per heavy atom. The van der Waals surface area contributed by atoms with Crippen molar-refractivity contribution in [3.8, 4) is 5.69 Å². The molecule has 1 N–H and O–H groups in total. The standard InChI is InChI=1S/C21H24N6O2S/c1-14-8-10-17(11-9-14)22-19(28)12-26(4)20(29)13-30-21-23-24-25-27(21)18-7-5-6-15(2)16(18)3/h5-11H,12-13H2,1-4H3,(H,22,28). The van der Waals surface area contributed by atoms with E-state index in [1.165, 1.54) is 16.7 Å². The lowest BCUT2D eigenvalue weighted by Crippen LogP contribution is -2.36. The van der Waals surface area contributed by atoms with E-state index in [1.54, 1.807) is 11.7 Å². The molecule has 9 heteroatoms. The molecule has 0 aliphatic heterocycles. The van der Waals surface area contributed by atoms with E-state index in [0.717, 1.165) is 22.4 Å². The number of likely N-dealkylation sites (N-methyl/N-ethyl adjacent to an activating group) is 1. The number of aryl methyl sites for hydroxylation is 2. The number of carbonyl (C=O) groups is 2. The molecule has 30 heavy (non-hydrogen) atoms. The summed E-state index contributed by atoms with van der Waals surface area (Å²) in [6.45, 7) is 5.98. The molecule has 0 aliphatic rings. The first kappa shape index (κ1) is 21.5. The van der Waals surface area contributed by atoms with E-state index in [9.17, 15) is 9.59 Å². The van der Waals surface area contributed by atoms with Crippen molar-refractivity contribution in [2.24, 2.45) is 0 Å². The van der Waals surface area contributed by atoms with Gasteiger partial charge in [-0.25, -0.2) is 0 Å². The fourth-order valence-electron chi connectivity index (χ4n) is 2.76. The number of aromatic nitrogens is 4. The van der Waals surface area contributed by atoms with Crippen LogP contribution < -0.4 is 5.32 Å². The third kappa shape index (κ3) is 5.24. The minimum atomic E-state index is -0.250. The van der Waals surface area contributed by atoms with Gasteiger partial charge in [0.05, 0.1) is 18.0 Å². The Bertz CT molecular complexity index is 1050. The van der Waals surface area contributed by atoms with Crippen LogP contribution in [-0.2, 0) is 9.59 Å². The van der Waals surface area contributed by atoms with E-state index < -0.39 is 0 Å². The number of carbonyl (C=O) groups excluding carboxylic acids is 2. The zero-order chi connectivity index (χ0) is 21.7. The number of benzene rings is 2. The Labute approximate surface area is 179 Å². The first-order valence-electron chi connectivity index (χ1n) is 9.43. The molecule has 0 fully saturated rings. The van der Waals surface area contributed by atoms with E-state index in [0.29, 0.717) is 10.8 Å². The number of rotatable bonds is 7. The van der Waals surface area contributed by atoms with Crippen LogP contribution in [-0.4, -0.2) is 56.3 Å². The van der Waals surface area contributed by atoms with Crippen molar-refractivity contribution >= 4 is 29.3 Å². The minimum absolute atomic E-state index is 0.0325. The Kier molecular flexibility index (Phi) is 6.83. The van der Waals surface area contributed by atoms with Gasteiger partial charge in [-0.3, -0.25) is 9.59 Å². The smallest absolute Gasteiger partial charge is 0.243 e. The molecule has 2 aromatic carbocycles.